The summed E-state index contributed by atoms with van der Waals surface area (Å²) in [5.74, 6) is -1.32. The monoisotopic (exact) mass is 264 g/mol. The Kier molecular flexibility index (Phi) is 5.84. The summed E-state index contributed by atoms with van der Waals surface area (Å²) in [6.07, 6.45) is 1.26. The number of nitro groups is 1. The van der Waals surface area contributed by atoms with Crippen molar-refractivity contribution < 1.29 is 14.4 Å². The van der Waals surface area contributed by atoms with E-state index < -0.39 is 28.2 Å². The first kappa shape index (κ1) is 15.6. The molecule has 1 rings (SSSR count). The average molecular weight is 265 g/mol. The molecule has 7 heteroatoms. The number of nitrogens with two attached hydrogens (primary N) is 1. The Morgan fingerprint density at radius 2 is 2.18 bits per heavy atom. The molecule has 17 heavy (non-hydrogen) atoms. The van der Waals surface area contributed by atoms with Gasteiger partial charge in [0.05, 0.1) is 11.0 Å². The molecule has 1 aromatic carbocycles. The van der Waals surface area contributed by atoms with Gasteiger partial charge in [0.15, 0.2) is 5.75 Å². The van der Waals surface area contributed by atoms with Crippen LogP contribution in [0.25, 0.3) is 0 Å². The quantitative estimate of drug-likeness (QED) is 0.646. The standard InChI is InChI=1S/C10H13FN2O3.ClH/c1-2-3-8(12)7-4-6(11)5-9(10(7)14)13(15)16;/h4-5,8,14H,2-3,12H2,1H3;1H/t8-;/m0./s1. The summed E-state index contributed by atoms with van der Waals surface area (Å²) in [5.41, 5.74) is 5.12. The smallest absolute Gasteiger partial charge is 0.313 e. The van der Waals surface area contributed by atoms with Crippen molar-refractivity contribution in [2.24, 2.45) is 5.73 Å². The summed E-state index contributed by atoms with van der Waals surface area (Å²) in [4.78, 5) is 9.71. The molecule has 0 aromatic heterocycles. The van der Waals surface area contributed by atoms with E-state index in [2.05, 4.69) is 0 Å². The summed E-state index contributed by atoms with van der Waals surface area (Å²) >= 11 is 0. The molecule has 1 aromatic rings. The molecule has 1 atom stereocenters. The van der Waals surface area contributed by atoms with Crippen LogP contribution >= 0.6 is 12.4 Å². The van der Waals surface area contributed by atoms with E-state index in [-0.39, 0.29) is 18.0 Å². The zero-order valence-electron chi connectivity index (χ0n) is 9.22. The highest BCUT2D eigenvalue weighted by Crippen LogP contribution is 2.35. The predicted octanol–water partition coefficient (Wildman–Crippen LogP) is 2.66. The van der Waals surface area contributed by atoms with Gasteiger partial charge in [-0.15, -0.1) is 12.4 Å². The molecule has 0 saturated heterocycles. The number of hydrogen-bond donors (Lipinski definition) is 2. The zero-order chi connectivity index (χ0) is 12.3. The van der Waals surface area contributed by atoms with E-state index in [0.717, 1.165) is 12.5 Å². The average Bonchev–Trinajstić information content (AvgIpc) is 2.20. The van der Waals surface area contributed by atoms with Crippen molar-refractivity contribution >= 4 is 18.1 Å². The van der Waals surface area contributed by atoms with Gasteiger partial charge in [-0.25, -0.2) is 4.39 Å². The summed E-state index contributed by atoms with van der Waals surface area (Å²) in [7, 11) is 0. The summed E-state index contributed by atoms with van der Waals surface area (Å²) in [6, 6.07) is 1.11. The molecule has 0 saturated carbocycles. The van der Waals surface area contributed by atoms with Gasteiger partial charge in [0, 0.05) is 11.6 Å². The van der Waals surface area contributed by atoms with E-state index in [1.54, 1.807) is 0 Å². The molecule has 0 aliphatic heterocycles. The normalized spacial score (nSPS) is 11.7. The zero-order valence-corrected chi connectivity index (χ0v) is 10.0. The Hall–Kier alpha value is -1.40. The molecular formula is C10H14ClFN2O3. The van der Waals surface area contributed by atoms with Gasteiger partial charge >= 0.3 is 5.69 Å². The maximum absolute atomic E-state index is 13.1. The molecule has 0 aliphatic rings. The molecule has 0 radical (unpaired) electrons. The molecule has 5 nitrogen and oxygen atoms in total. The number of phenolic OH excluding ortho intramolecular Hbond substituents is 1. The van der Waals surface area contributed by atoms with E-state index in [1.807, 2.05) is 6.92 Å². The summed E-state index contributed by atoms with van der Waals surface area (Å²) in [5, 5.41) is 20.1. The second-order valence-electron chi connectivity index (χ2n) is 3.52. The van der Waals surface area contributed by atoms with Crippen LogP contribution in [0.5, 0.6) is 5.75 Å². The third kappa shape index (κ3) is 3.54. The molecule has 0 bridgehead atoms. The first-order chi connectivity index (χ1) is 7.47. The Balaban J connectivity index is 0.00000256. The number of halogens is 2. The molecule has 0 aliphatic carbocycles. The number of hydrogen-bond acceptors (Lipinski definition) is 4. The minimum Gasteiger partial charge on any atom is -0.502 e. The minimum absolute atomic E-state index is 0. The fourth-order valence-electron chi connectivity index (χ4n) is 1.49. The Bertz CT molecular complexity index is 415. The van der Waals surface area contributed by atoms with Crippen molar-refractivity contribution in [1.29, 1.82) is 0 Å². The van der Waals surface area contributed by atoms with Crippen molar-refractivity contribution in [3.05, 3.63) is 33.6 Å². The minimum atomic E-state index is -0.833. The first-order valence-corrected chi connectivity index (χ1v) is 4.89. The van der Waals surface area contributed by atoms with Gasteiger partial charge in [0.25, 0.3) is 0 Å². The van der Waals surface area contributed by atoms with Gasteiger partial charge in [-0.1, -0.05) is 13.3 Å². The van der Waals surface area contributed by atoms with Crippen LogP contribution in [-0.2, 0) is 0 Å². The van der Waals surface area contributed by atoms with Crippen LogP contribution in [0.15, 0.2) is 12.1 Å². The van der Waals surface area contributed by atoms with Gasteiger partial charge in [-0.2, -0.15) is 0 Å². The lowest BCUT2D eigenvalue weighted by molar-refractivity contribution is -0.386. The lowest BCUT2D eigenvalue weighted by Crippen LogP contribution is -2.11. The second kappa shape index (κ2) is 6.36. The predicted molar refractivity (Wildman–Crippen MR) is 63.8 cm³/mol. The van der Waals surface area contributed by atoms with Gasteiger partial charge in [-0.05, 0) is 12.5 Å². The summed E-state index contributed by atoms with van der Waals surface area (Å²) in [6.45, 7) is 1.88. The van der Waals surface area contributed by atoms with Crippen LogP contribution in [0, 0.1) is 15.9 Å². The van der Waals surface area contributed by atoms with Gasteiger partial charge in [-0.3, -0.25) is 10.1 Å². The number of nitro benzene ring substituents is 1. The topological polar surface area (TPSA) is 89.4 Å². The molecule has 0 unspecified atom stereocenters. The van der Waals surface area contributed by atoms with Crippen molar-refractivity contribution in [2.75, 3.05) is 0 Å². The number of nitrogens with zero attached hydrogens (tertiary/aromatic N) is 1. The van der Waals surface area contributed by atoms with E-state index in [1.165, 1.54) is 0 Å². The first-order valence-electron chi connectivity index (χ1n) is 4.89. The van der Waals surface area contributed by atoms with Crippen molar-refractivity contribution in [1.82, 2.24) is 0 Å². The molecule has 0 spiro atoms. The molecule has 0 heterocycles. The van der Waals surface area contributed by atoms with Crippen LogP contribution < -0.4 is 5.73 Å². The second-order valence-corrected chi connectivity index (χ2v) is 3.52. The molecule has 96 valence electrons. The Morgan fingerprint density at radius 3 is 2.65 bits per heavy atom. The Labute approximate surface area is 104 Å². The van der Waals surface area contributed by atoms with Crippen LogP contribution in [0.1, 0.15) is 31.4 Å². The van der Waals surface area contributed by atoms with E-state index in [4.69, 9.17) is 5.73 Å². The third-order valence-corrected chi connectivity index (χ3v) is 2.28. The summed E-state index contributed by atoms with van der Waals surface area (Å²) < 4.78 is 13.1. The van der Waals surface area contributed by atoms with Crippen molar-refractivity contribution in [3.63, 3.8) is 0 Å². The van der Waals surface area contributed by atoms with Crippen LogP contribution in [0.4, 0.5) is 10.1 Å². The van der Waals surface area contributed by atoms with Crippen LogP contribution in [0.3, 0.4) is 0 Å². The highest BCUT2D eigenvalue weighted by molar-refractivity contribution is 5.85. The maximum atomic E-state index is 13.1. The van der Waals surface area contributed by atoms with Crippen molar-refractivity contribution in [3.8, 4) is 5.75 Å². The van der Waals surface area contributed by atoms with Crippen LogP contribution in [0.2, 0.25) is 0 Å². The maximum Gasteiger partial charge on any atom is 0.313 e. The largest absolute Gasteiger partial charge is 0.502 e. The van der Waals surface area contributed by atoms with Crippen molar-refractivity contribution in [2.45, 2.75) is 25.8 Å². The molecule has 0 amide bonds. The Morgan fingerprint density at radius 1 is 1.59 bits per heavy atom. The molecular weight excluding hydrogens is 251 g/mol. The number of benzene rings is 1. The fraction of sp³-hybridized carbons (Fsp3) is 0.400. The number of rotatable bonds is 4. The highest BCUT2D eigenvalue weighted by atomic mass is 35.5. The van der Waals surface area contributed by atoms with Gasteiger partial charge in [0.1, 0.15) is 5.82 Å². The van der Waals surface area contributed by atoms with E-state index >= 15 is 0 Å². The van der Waals surface area contributed by atoms with E-state index in [0.29, 0.717) is 12.5 Å². The SMILES string of the molecule is CCC[C@H](N)c1cc(F)cc([N+](=O)[O-])c1O.Cl. The highest BCUT2D eigenvalue weighted by Gasteiger charge is 2.22. The lowest BCUT2D eigenvalue weighted by Gasteiger charge is -2.12. The molecule has 3 N–H and O–H groups in total. The van der Waals surface area contributed by atoms with Gasteiger partial charge in [0.2, 0.25) is 0 Å². The van der Waals surface area contributed by atoms with Gasteiger partial charge < -0.3 is 10.8 Å². The number of aromatic hydroxyl groups is 1. The third-order valence-electron chi connectivity index (χ3n) is 2.28. The van der Waals surface area contributed by atoms with Crippen LogP contribution in [-0.4, -0.2) is 10.0 Å². The fourth-order valence-corrected chi connectivity index (χ4v) is 1.49. The van der Waals surface area contributed by atoms with E-state index in [9.17, 15) is 19.6 Å². The molecule has 0 fully saturated rings. The lowest BCUT2D eigenvalue weighted by atomic mass is 10.0. The number of phenols is 1.